The first kappa shape index (κ1) is 28.0. The maximum Gasteiger partial charge on any atom is 0.410 e. The van der Waals surface area contributed by atoms with E-state index in [0.717, 1.165) is 30.5 Å². The molecule has 206 valence electrons. The first-order valence-electron chi connectivity index (χ1n) is 13.4. The summed E-state index contributed by atoms with van der Waals surface area (Å²) >= 11 is 0. The first-order valence-corrected chi connectivity index (χ1v) is 14.8. The molecule has 0 unspecified atom stereocenters. The Balaban J connectivity index is 1.38. The highest BCUT2D eigenvalue weighted by molar-refractivity contribution is 7.94. The van der Waals surface area contributed by atoms with Gasteiger partial charge in [-0.05, 0) is 88.6 Å². The molecule has 2 aliphatic rings. The Morgan fingerprint density at radius 2 is 1.82 bits per heavy atom. The molecule has 0 N–H and O–H groups in total. The van der Waals surface area contributed by atoms with Crippen molar-refractivity contribution in [2.24, 2.45) is 0 Å². The van der Waals surface area contributed by atoms with E-state index >= 15 is 0 Å². The third-order valence-electron chi connectivity index (χ3n) is 7.16. The largest absolute Gasteiger partial charge is 0.444 e. The molecular formula is C29H39N3O5S. The van der Waals surface area contributed by atoms with E-state index in [1.54, 1.807) is 18.0 Å². The van der Waals surface area contributed by atoms with Crippen LogP contribution in [-0.4, -0.2) is 57.5 Å². The third-order valence-corrected chi connectivity index (χ3v) is 8.97. The summed E-state index contributed by atoms with van der Waals surface area (Å²) in [7, 11) is -2.02. The van der Waals surface area contributed by atoms with Crippen LogP contribution in [0.3, 0.4) is 0 Å². The van der Waals surface area contributed by atoms with E-state index in [1.807, 2.05) is 39.0 Å². The number of carbonyl (C=O) groups is 2. The molecular weight excluding hydrogens is 502 g/mol. The molecule has 2 aromatic carbocycles. The van der Waals surface area contributed by atoms with Crippen LogP contribution in [0.15, 0.2) is 36.4 Å². The minimum Gasteiger partial charge on any atom is -0.444 e. The van der Waals surface area contributed by atoms with Crippen LogP contribution in [0.2, 0.25) is 0 Å². The van der Waals surface area contributed by atoms with Gasteiger partial charge >= 0.3 is 16.3 Å². The molecule has 2 aliphatic heterocycles. The normalized spacial score (nSPS) is 15.8. The fourth-order valence-corrected chi connectivity index (χ4v) is 6.57. The summed E-state index contributed by atoms with van der Waals surface area (Å²) in [5.74, 6) is -0.0115. The van der Waals surface area contributed by atoms with Gasteiger partial charge in [-0.2, -0.15) is 8.42 Å². The van der Waals surface area contributed by atoms with E-state index in [-0.39, 0.29) is 11.9 Å². The number of unbranched alkanes of at least 4 members (excludes halogenated alkanes) is 1. The molecule has 0 fully saturated rings. The Hall–Kier alpha value is -3.07. The van der Waals surface area contributed by atoms with Gasteiger partial charge < -0.3 is 9.64 Å². The number of nitrogens with zero attached hydrogens (tertiary/aromatic N) is 3. The highest BCUT2D eigenvalue weighted by atomic mass is 32.2. The number of hydrogen-bond donors (Lipinski definition) is 0. The zero-order valence-electron chi connectivity index (χ0n) is 23.1. The zero-order chi connectivity index (χ0) is 27.7. The zero-order valence-corrected chi connectivity index (χ0v) is 23.9. The van der Waals surface area contributed by atoms with Crippen LogP contribution < -0.4 is 8.61 Å². The molecule has 2 heterocycles. The van der Waals surface area contributed by atoms with Crippen LogP contribution in [-0.2, 0) is 27.8 Å². The maximum atomic E-state index is 13.1. The fourth-order valence-electron chi connectivity index (χ4n) is 5.08. The monoisotopic (exact) mass is 541 g/mol. The van der Waals surface area contributed by atoms with Gasteiger partial charge in [0.25, 0.3) is 0 Å². The minimum absolute atomic E-state index is 0.0115. The van der Waals surface area contributed by atoms with Crippen molar-refractivity contribution >= 4 is 33.5 Å². The number of ketones is 1. The van der Waals surface area contributed by atoms with Crippen LogP contribution >= 0.6 is 0 Å². The van der Waals surface area contributed by atoms with Gasteiger partial charge in [0.1, 0.15) is 5.60 Å². The Kier molecular flexibility index (Phi) is 8.06. The number of aryl methyl sites for hydroxylation is 2. The summed E-state index contributed by atoms with van der Waals surface area (Å²) in [6.45, 7) is 9.14. The second-order valence-electron chi connectivity index (χ2n) is 11.2. The van der Waals surface area contributed by atoms with Crippen LogP contribution in [0.25, 0.3) is 0 Å². The van der Waals surface area contributed by atoms with Crippen molar-refractivity contribution in [2.75, 3.05) is 35.3 Å². The van der Waals surface area contributed by atoms with Gasteiger partial charge in [0.2, 0.25) is 0 Å². The third kappa shape index (κ3) is 5.98. The molecule has 9 heteroatoms. The Bertz CT molecular complexity index is 1320. The summed E-state index contributed by atoms with van der Waals surface area (Å²) in [6.07, 6.45) is 3.50. The lowest BCUT2D eigenvalue weighted by atomic mass is 9.96. The number of benzene rings is 2. The van der Waals surface area contributed by atoms with E-state index in [4.69, 9.17) is 4.74 Å². The molecule has 38 heavy (non-hydrogen) atoms. The molecule has 4 rings (SSSR count). The quantitative estimate of drug-likeness (QED) is 0.319. The number of carbonyl (C=O) groups excluding carboxylic acids is 2. The summed E-state index contributed by atoms with van der Waals surface area (Å²) in [6, 6.07) is 11.7. The number of hydrogen-bond acceptors (Lipinski definition) is 5. The minimum atomic E-state index is -3.56. The first-order chi connectivity index (χ1) is 17.9. The summed E-state index contributed by atoms with van der Waals surface area (Å²) < 4.78 is 33.9. The van der Waals surface area contributed by atoms with Crippen molar-refractivity contribution < 1.29 is 22.7 Å². The molecule has 0 saturated heterocycles. The number of anilines is 2. The second kappa shape index (κ2) is 11.0. The number of Topliss-reactive ketones (excluding diaryl/α,β-unsaturated/α-hetero) is 1. The van der Waals surface area contributed by atoms with Crippen molar-refractivity contribution in [1.29, 1.82) is 0 Å². The Morgan fingerprint density at radius 3 is 2.53 bits per heavy atom. The van der Waals surface area contributed by atoms with Gasteiger partial charge in [-0.1, -0.05) is 24.3 Å². The molecule has 1 amide bonds. The Labute approximate surface area is 226 Å². The second-order valence-corrected chi connectivity index (χ2v) is 13.1. The van der Waals surface area contributed by atoms with Crippen LogP contribution in [0.4, 0.5) is 16.2 Å². The number of amides is 1. The van der Waals surface area contributed by atoms with Crippen molar-refractivity contribution in [2.45, 2.75) is 71.8 Å². The average molecular weight is 542 g/mol. The summed E-state index contributed by atoms with van der Waals surface area (Å²) in [5, 5.41) is 0. The van der Waals surface area contributed by atoms with Gasteiger partial charge in [0, 0.05) is 38.7 Å². The lowest BCUT2D eigenvalue weighted by molar-refractivity contribution is 0.0249. The van der Waals surface area contributed by atoms with Gasteiger partial charge in [-0.3, -0.25) is 13.4 Å². The van der Waals surface area contributed by atoms with Crippen LogP contribution in [0.5, 0.6) is 0 Å². The molecule has 0 atom stereocenters. The molecule has 2 aromatic rings. The average Bonchev–Trinajstić information content (AvgIpc) is 3.05. The molecule has 0 saturated carbocycles. The van der Waals surface area contributed by atoms with Crippen LogP contribution in [0, 0.1) is 6.92 Å². The lowest BCUT2D eigenvalue weighted by Gasteiger charge is -2.27. The maximum absolute atomic E-state index is 13.1. The van der Waals surface area contributed by atoms with Gasteiger partial charge in [-0.15, -0.1) is 0 Å². The van der Waals surface area contributed by atoms with E-state index in [0.29, 0.717) is 50.1 Å². The SMILES string of the molecule is Cc1ccccc1CCN(CCCCC(=O)c1cc2c3c(c1)N(C)S(=O)(=O)N3CCC2)C(=O)OC(C)(C)C. The predicted octanol–water partition coefficient (Wildman–Crippen LogP) is 5.28. The molecule has 0 bridgehead atoms. The van der Waals surface area contributed by atoms with E-state index in [9.17, 15) is 18.0 Å². The van der Waals surface area contributed by atoms with E-state index in [1.165, 1.54) is 19.7 Å². The van der Waals surface area contributed by atoms with E-state index in [2.05, 4.69) is 19.1 Å². The number of rotatable bonds is 9. The smallest absolute Gasteiger partial charge is 0.410 e. The van der Waals surface area contributed by atoms with Crippen molar-refractivity contribution in [1.82, 2.24) is 4.90 Å². The molecule has 0 radical (unpaired) electrons. The van der Waals surface area contributed by atoms with Crippen molar-refractivity contribution in [3.05, 3.63) is 58.7 Å². The summed E-state index contributed by atoms with van der Waals surface area (Å²) in [4.78, 5) is 27.7. The summed E-state index contributed by atoms with van der Waals surface area (Å²) in [5.41, 5.74) is 4.57. The highest BCUT2D eigenvalue weighted by Crippen LogP contribution is 2.46. The molecule has 0 aliphatic carbocycles. The molecule has 0 spiro atoms. The molecule has 8 nitrogen and oxygen atoms in total. The standard InChI is InChI=1S/C29H39N3O5S/c1-21-11-6-7-12-22(21)15-18-31(28(34)37-29(2,3)4)16-9-8-14-26(33)24-19-23-13-10-17-32-27(23)25(20-24)30(5)38(32,35)36/h6-7,11-12,19-20H,8-10,13-18H2,1-5H3. The number of ether oxygens (including phenoxy) is 1. The lowest BCUT2D eigenvalue weighted by Crippen LogP contribution is -2.38. The van der Waals surface area contributed by atoms with Gasteiger partial charge in [-0.25, -0.2) is 4.79 Å². The van der Waals surface area contributed by atoms with Crippen LogP contribution in [0.1, 0.15) is 73.5 Å². The molecule has 0 aromatic heterocycles. The van der Waals surface area contributed by atoms with E-state index < -0.39 is 15.8 Å². The Morgan fingerprint density at radius 1 is 1.08 bits per heavy atom. The highest BCUT2D eigenvalue weighted by Gasteiger charge is 2.41. The van der Waals surface area contributed by atoms with Crippen molar-refractivity contribution in [3.8, 4) is 0 Å². The van der Waals surface area contributed by atoms with Crippen molar-refractivity contribution in [3.63, 3.8) is 0 Å². The fraction of sp³-hybridized carbons (Fsp3) is 0.517. The topological polar surface area (TPSA) is 87.2 Å². The predicted molar refractivity (Wildman–Crippen MR) is 150 cm³/mol. The van der Waals surface area contributed by atoms with Gasteiger partial charge in [0.05, 0.1) is 11.4 Å². The van der Waals surface area contributed by atoms with Gasteiger partial charge in [0.15, 0.2) is 5.78 Å².